The molecule has 0 aliphatic rings. The van der Waals surface area contributed by atoms with Gasteiger partial charge in [0.1, 0.15) is 10.0 Å². The first-order valence-corrected chi connectivity index (χ1v) is 18.3. The molecule has 0 aliphatic carbocycles. The van der Waals surface area contributed by atoms with E-state index in [1.807, 2.05) is 22.7 Å². The van der Waals surface area contributed by atoms with Crippen molar-refractivity contribution in [3.05, 3.63) is 30.8 Å². The van der Waals surface area contributed by atoms with E-state index < -0.39 is 0 Å². The highest BCUT2D eigenvalue weighted by Gasteiger charge is 2.18. The number of nitrogens with zero attached hydrogens (tertiary/aromatic N) is 2. The SMILES string of the molecule is CCCCCCCCc1cc(-c2nc3sc(-c4cc(CCCCCCCC)c(Br)s4)nc3s2)sc1Br. The summed E-state index contributed by atoms with van der Waals surface area (Å²) < 4.78 is 2.53. The predicted molar refractivity (Wildman–Crippen MR) is 171 cm³/mol. The summed E-state index contributed by atoms with van der Waals surface area (Å²) in [6.45, 7) is 4.55. The van der Waals surface area contributed by atoms with Crippen LogP contribution in [0.4, 0.5) is 0 Å². The molecule has 0 spiro atoms. The standard InChI is InChI=1S/C28H36Br2N2S4/c1-3-5-7-9-11-13-15-19-17-21(33-23(19)29)25-31-27-28(35-25)32-26(36-27)22-18-20(24(30)34-22)16-14-12-10-8-6-4-2/h17-18H,3-16H2,1-2H3. The van der Waals surface area contributed by atoms with E-state index in [1.54, 1.807) is 22.7 Å². The molecule has 0 aliphatic heterocycles. The molecule has 0 unspecified atom stereocenters. The van der Waals surface area contributed by atoms with Crippen LogP contribution in [0.1, 0.15) is 102 Å². The Labute approximate surface area is 249 Å². The maximum absolute atomic E-state index is 4.99. The average Bonchev–Trinajstić information content (AvgIpc) is 3.61. The Kier molecular flexibility index (Phi) is 11.9. The number of rotatable bonds is 16. The smallest absolute Gasteiger partial charge is 0.155 e. The monoisotopic (exact) mass is 686 g/mol. The zero-order valence-electron chi connectivity index (χ0n) is 21.3. The Hall–Kier alpha value is -0.120. The first-order valence-electron chi connectivity index (χ1n) is 13.4. The number of fused-ring (bicyclic) bond motifs is 1. The summed E-state index contributed by atoms with van der Waals surface area (Å²) in [5.74, 6) is 0. The van der Waals surface area contributed by atoms with Crippen molar-refractivity contribution in [3.8, 4) is 19.8 Å². The maximum atomic E-state index is 4.99. The third-order valence-electron chi connectivity index (χ3n) is 6.51. The minimum atomic E-state index is 1.06. The van der Waals surface area contributed by atoms with E-state index in [4.69, 9.17) is 9.97 Å². The topological polar surface area (TPSA) is 25.8 Å². The van der Waals surface area contributed by atoms with E-state index in [0.29, 0.717) is 0 Å². The first-order chi connectivity index (χ1) is 17.6. The lowest BCUT2D eigenvalue weighted by atomic mass is 10.1. The van der Waals surface area contributed by atoms with Gasteiger partial charge in [-0.15, -0.1) is 22.7 Å². The number of hydrogen-bond donors (Lipinski definition) is 0. The van der Waals surface area contributed by atoms with Crippen molar-refractivity contribution < 1.29 is 0 Å². The van der Waals surface area contributed by atoms with Crippen molar-refractivity contribution in [2.45, 2.75) is 104 Å². The van der Waals surface area contributed by atoms with Crippen molar-refractivity contribution in [1.82, 2.24) is 9.97 Å². The van der Waals surface area contributed by atoms with Crippen LogP contribution in [0.15, 0.2) is 19.7 Å². The summed E-state index contributed by atoms with van der Waals surface area (Å²) in [6.07, 6.45) is 18.3. The quantitative estimate of drug-likeness (QED) is 0.110. The van der Waals surface area contributed by atoms with E-state index in [0.717, 1.165) is 32.5 Å². The summed E-state index contributed by atoms with van der Waals surface area (Å²) >= 11 is 14.7. The largest absolute Gasteiger partial charge is 0.222 e. The van der Waals surface area contributed by atoms with Gasteiger partial charge in [0.15, 0.2) is 9.66 Å². The number of halogens is 2. The van der Waals surface area contributed by atoms with Crippen LogP contribution >= 0.6 is 77.2 Å². The van der Waals surface area contributed by atoms with Gasteiger partial charge in [-0.3, -0.25) is 0 Å². The minimum Gasteiger partial charge on any atom is -0.222 e. The molecule has 4 heterocycles. The van der Waals surface area contributed by atoms with Crippen LogP contribution in [0.25, 0.3) is 29.4 Å². The number of unbranched alkanes of at least 4 members (excludes halogenated alkanes) is 10. The molecule has 0 radical (unpaired) electrons. The van der Waals surface area contributed by atoms with Gasteiger partial charge in [-0.1, -0.05) is 101 Å². The highest BCUT2D eigenvalue weighted by Crippen LogP contribution is 2.43. The van der Waals surface area contributed by atoms with Crippen LogP contribution in [0, 0.1) is 0 Å². The molecule has 0 amide bonds. The summed E-state index contributed by atoms with van der Waals surface area (Å²) in [5, 5.41) is 2.21. The van der Waals surface area contributed by atoms with Crippen LogP contribution < -0.4 is 0 Å². The third kappa shape index (κ3) is 7.95. The molecular formula is C28H36Br2N2S4. The van der Waals surface area contributed by atoms with Crippen molar-refractivity contribution in [1.29, 1.82) is 0 Å². The van der Waals surface area contributed by atoms with E-state index in [9.17, 15) is 0 Å². The molecule has 0 N–H and O–H groups in total. The van der Waals surface area contributed by atoms with Gasteiger partial charge in [0.05, 0.1) is 17.3 Å². The molecule has 0 aromatic carbocycles. The third-order valence-corrected chi connectivity index (χ3v) is 12.8. The predicted octanol–water partition coefficient (Wildman–Crippen LogP) is 12.5. The lowest BCUT2D eigenvalue weighted by Gasteiger charge is -2.00. The molecule has 0 bridgehead atoms. The van der Waals surface area contributed by atoms with Crippen molar-refractivity contribution >= 4 is 86.9 Å². The van der Waals surface area contributed by atoms with E-state index in [1.165, 1.54) is 106 Å². The van der Waals surface area contributed by atoms with Crippen molar-refractivity contribution in [2.75, 3.05) is 0 Å². The molecule has 196 valence electrons. The maximum Gasteiger partial charge on any atom is 0.155 e. The van der Waals surface area contributed by atoms with Gasteiger partial charge in [-0.25, -0.2) is 9.97 Å². The normalized spacial score (nSPS) is 11.8. The van der Waals surface area contributed by atoms with Gasteiger partial charge in [0, 0.05) is 0 Å². The Bertz CT molecular complexity index is 1100. The second-order valence-corrected chi connectivity index (χ2v) is 16.2. The molecule has 0 saturated carbocycles. The summed E-state index contributed by atoms with van der Waals surface area (Å²) in [7, 11) is 0. The minimum absolute atomic E-state index is 1.06. The molecule has 0 atom stereocenters. The fraction of sp³-hybridized carbons (Fsp3) is 0.571. The van der Waals surface area contributed by atoms with E-state index >= 15 is 0 Å². The Morgan fingerprint density at radius 1 is 0.556 bits per heavy atom. The summed E-state index contributed by atoms with van der Waals surface area (Å²) in [4.78, 5) is 14.6. The molecule has 4 rings (SSSR count). The number of aromatic nitrogens is 2. The molecule has 8 heteroatoms. The molecule has 0 saturated heterocycles. The molecule has 4 aromatic heterocycles. The lowest BCUT2D eigenvalue weighted by molar-refractivity contribution is 0.607. The molecule has 0 fully saturated rings. The summed E-state index contributed by atoms with van der Waals surface area (Å²) in [6, 6.07) is 4.68. The molecular weight excluding hydrogens is 652 g/mol. The second-order valence-electron chi connectivity index (χ2n) is 9.50. The number of hydrogen-bond acceptors (Lipinski definition) is 6. The number of thiazole rings is 2. The highest BCUT2D eigenvalue weighted by molar-refractivity contribution is 9.11. The van der Waals surface area contributed by atoms with Gasteiger partial charge in [0.25, 0.3) is 0 Å². The van der Waals surface area contributed by atoms with Gasteiger partial charge in [-0.2, -0.15) is 0 Å². The zero-order valence-corrected chi connectivity index (χ0v) is 27.8. The van der Waals surface area contributed by atoms with Gasteiger partial charge in [0.2, 0.25) is 0 Å². The van der Waals surface area contributed by atoms with E-state index in [2.05, 4.69) is 57.8 Å². The fourth-order valence-electron chi connectivity index (χ4n) is 4.41. The van der Waals surface area contributed by atoms with Crippen LogP contribution in [-0.2, 0) is 12.8 Å². The van der Waals surface area contributed by atoms with Crippen LogP contribution in [0.3, 0.4) is 0 Å². The lowest BCUT2D eigenvalue weighted by Crippen LogP contribution is -1.84. The van der Waals surface area contributed by atoms with Crippen molar-refractivity contribution in [3.63, 3.8) is 0 Å². The van der Waals surface area contributed by atoms with Crippen LogP contribution in [0.2, 0.25) is 0 Å². The van der Waals surface area contributed by atoms with Gasteiger partial charge in [-0.05, 0) is 80.8 Å². The molecule has 36 heavy (non-hydrogen) atoms. The Balaban J connectivity index is 1.35. The highest BCUT2D eigenvalue weighted by atomic mass is 79.9. The summed E-state index contributed by atoms with van der Waals surface area (Å²) in [5.41, 5.74) is 2.86. The number of thiophene rings is 2. The van der Waals surface area contributed by atoms with Gasteiger partial charge < -0.3 is 0 Å². The van der Waals surface area contributed by atoms with E-state index in [-0.39, 0.29) is 0 Å². The second kappa shape index (κ2) is 14.9. The van der Waals surface area contributed by atoms with Crippen LogP contribution in [0.5, 0.6) is 0 Å². The average molecular weight is 689 g/mol. The zero-order chi connectivity index (χ0) is 25.3. The van der Waals surface area contributed by atoms with Crippen molar-refractivity contribution in [2.24, 2.45) is 0 Å². The van der Waals surface area contributed by atoms with Gasteiger partial charge >= 0.3 is 0 Å². The Morgan fingerprint density at radius 2 is 0.944 bits per heavy atom. The number of aryl methyl sites for hydroxylation is 2. The molecule has 2 nitrogen and oxygen atoms in total. The van der Waals surface area contributed by atoms with Crippen LogP contribution in [-0.4, -0.2) is 9.97 Å². The fourth-order valence-corrected chi connectivity index (χ4v) is 10.1. The first kappa shape index (κ1) is 28.9. The Morgan fingerprint density at radius 3 is 1.36 bits per heavy atom. The molecule has 4 aromatic rings.